The van der Waals surface area contributed by atoms with Gasteiger partial charge in [-0.3, -0.25) is 14.7 Å². The number of aromatic nitrogens is 2. The van der Waals surface area contributed by atoms with E-state index in [0.717, 1.165) is 44.5 Å². The molecule has 2 amide bonds. The van der Waals surface area contributed by atoms with Gasteiger partial charge in [-0.15, -0.1) is 0 Å². The molecule has 7 heteroatoms. The number of likely N-dealkylation sites (tertiary alicyclic amines) is 1. The predicted molar refractivity (Wildman–Crippen MR) is 95.8 cm³/mol. The van der Waals surface area contributed by atoms with Gasteiger partial charge in [-0.2, -0.15) is 5.10 Å². The molecule has 2 atom stereocenters. The van der Waals surface area contributed by atoms with E-state index in [-0.39, 0.29) is 30.0 Å². The minimum absolute atomic E-state index is 0.0345. The van der Waals surface area contributed by atoms with E-state index in [0.29, 0.717) is 24.6 Å². The molecule has 1 aromatic heterocycles. The Balaban J connectivity index is 1.42. The van der Waals surface area contributed by atoms with Crippen LogP contribution in [0.4, 0.5) is 0 Å². The second-order valence-corrected chi connectivity index (χ2v) is 8.04. The Bertz CT molecular complexity index is 666. The predicted octanol–water partition coefficient (Wildman–Crippen LogP) is 1.78. The van der Waals surface area contributed by atoms with E-state index in [4.69, 9.17) is 4.74 Å². The van der Waals surface area contributed by atoms with Gasteiger partial charge in [0.15, 0.2) is 0 Å². The van der Waals surface area contributed by atoms with Crippen LogP contribution in [0.25, 0.3) is 0 Å². The third-order valence-corrected chi connectivity index (χ3v) is 5.75. The molecule has 3 heterocycles. The smallest absolute Gasteiger partial charge is 0.257 e. The molecule has 0 bridgehead atoms. The molecule has 2 aliphatic heterocycles. The molecule has 26 heavy (non-hydrogen) atoms. The molecule has 3 fully saturated rings. The third kappa shape index (κ3) is 3.49. The van der Waals surface area contributed by atoms with Crippen molar-refractivity contribution in [3.05, 3.63) is 17.5 Å². The summed E-state index contributed by atoms with van der Waals surface area (Å²) in [6, 6.07) is 0. The summed E-state index contributed by atoms with van der Waals surface area (Å²) < 4.78 is 5.73. The molecular weight excluding hydrogens is 332 g/mol. The third-order valence-electron chi connectivity index (χ3n) is 5.75. The van der Waals surface area contributed by atoms with Gasteiger partial charge in [-0.25, -0.2) is 0 Å². The Morgan fingerprint density at radius 1 is 1.08 bits per heavy atom. The van der Waals surface area contributed by atoms with Gasteiger partial charge in [0.1, 0.15) is 0 Å². The number of H-pyrrole nitrogens is 1. The van der Waals surface area contributed by atoms with Crippen molar-refractivity contribution < 1.29 is 14.3 Å². The summed E-state index contributed by atoms with van der Waals surface area (Å²) in [5.41, 5.74) is 1.61. The van der Waals surface area contributed by atoms with Crippen molar-refractivity contribution in [1.29, 1.82) is 0 Å². The molecule has 1 aromatic rings. The van der Waals surface area contributed by atoms with Crippen LogP contribution in [0.3, 0.4) is 0 Å². The molecule has 0 radical (unpaired) electrons. The molecule has 2 saturated heterocycles. The van der Waals surface area contributed by atoms with Crippen LogP contribution in [-0.4, -0.2) is 70.2 Å². The zero-order valence-corrected chi connectivity index (χ0v) is 15.6. The number of hydrogen-bond acceptors (Lipinski definition) is 4. The lowest BCUT2D eigenvalue weighted by Crippen LogP contribution is -2.48. The zero-order valence-electron chi connectivity index (χ0n) is 15.6. The summed E-state index contributed by atoms with van der Waals surface area (Å²) in [6.07, 6.45) is 5.63. The number of amides is 2. The number of nitrogens with one attached hydrogen (secondary N) is 1. The van der Waals surface area contributed by atoms with E-state index in [1.807, 2.05) is 23.6 Å². The van der Waals surface area contributed by atoms with Crippen LogP contribution in [0.2, 0.25) is 0 Å². The van der Waals surface area contributed by atoms with Crippen molar-refractivity contribution in [2.24, 2.45) is 5.92 Å². The maximum Gasteiger partial charge on any atom is 0.257 e. The van der Waals surface area contributed by atoms with E-state index in [2.05, 4.69) is 10.2 Å². The lowest BCUT2D eigenvalue weighted by atomic mass is 9.90. The summed E-state index contributed by atoms with van der Waals surface area (Å²) in [6.45, 7) is 6.78. The fraction of sp³-hybridized carbons (Fsp3) is 0.737. The first-order chi connectivity index (χ1) is 12.5. The standard InChI is InChI=1S/C19H28N4O3/c1-12-10-23(11-13(2)26-12)19(25)16-9-20-21-17(16)14-5-7-22(8-6-14)18(24)15-3-4-15/h9,12-15H,3-8,10-11H2,1-2H3,(H,20,21). The van der Waals surface area contributed by atoms with E-state index in [1.54, 1.807) is 6.20 Å². The van der Waals surface area contributed by atoms with Gasteiger partial charge in [0.25, 0.3) is 5.91 Å². The van der Waals surface area contributed by atoms with Gasteiger partial charge in [-0.1, -0.05) is 0 Å². The van der Waals surface area contributed by atoms with Gasteiger partial charge >= 0.3 is 0 Å². The van der Waals surface area contributed by atoms with Gasteiger partial charge in [-0.05, 0) is 39.5 Å². The Hall–Kier alpha value is -1.89. The average Bonchev–Trinajstić information content (AvgIpc) is 3.36. The number of ether oxygens (including phenoxy) is 1. The summed E-state index contributed by atoms with van der Waals surface area (Å²) in [4.78, 5) is 29.1. The molecule has 1 N–H and O–H groups in total. The Morgan fingerprint density at radius 2 is 1.73 bits per heavy atom. The summed E-state index contributed by atoms with van der Waals surface area (Å²) in [5.74, 6) is 0.893. The average molecular weight is 360 g/mol. The molecule has 0 spiro atoms. The van der Waals surface area contributed by atoms with Crippen LogP contribution >= 0.6 is 0 Å². The number of nitrogens with zero attached hydrogens (tertiary/aromatic N) is 3. The monoisotopic (exact) mass is 360 g/mol. The van der Waals surface area contributed by atoms with Crippen molar-refractivity contribution in [3.8, 4) is 0 Å². The van der Waals surface area contributed by atoms with Crippen LogP contribution in [0, 0.1) is 5.92 Å². The number of piperidine rings is 1. The molecule has 0 aromatic carbocycles. The molecule has 7 nitrogen and oxygen atoms in total. The number of morpholine rings is 1. The summed E-state index contributed by atoms with van der Waals surface area (Å²) in [5, 5.41) is 7.22. The Labute approximate surface area is 154 Å². The van der Waals surface area contributed by atoms with Crippen molar-refractivity contribution in [1.82, 2.24) is 20.0 Å². The van der Waals surface area contributed by atoms with Crippen LogP contribution in [0.1, 0.15) is 61.5 Å². The van der Waals surface area contributed by atoms with Crippen molar-refractivity contribution in [2.75, 3.05) is 26.2 Å². The van der Waals surface area contributed by atoms with Gasteiger partial charge in [0.2, 0.25) is 5.91 Å². The number of carbonyl (C=O) groups is 2. The molecule has 1 aliphatic carbocycles. The second kappa shape index (κ2) is 7.02. The highest BCUT2D eigenvalue weighted by molar-refractivity contribution is 5.95. The van der Waals surface area contributed by atoms with Gasteiger partial charge in [0.05, 0.1) is 29.7 Å². The summed E-state index contributed by atoms with van der Waals surface area (Å²) in [7, 11) is 0. The number of carbonyl (C=O) groups excluding carboxylic acids is 2. The minimum Gasteiger partial charge on any atom is -0.372 e. The fourth-order valence-electron chi connectivity index (χ4n) is 4.27. The normalized spacial score (nSPS) is 27.6. The van der Waals surface area contributed by atoms with Crippen molar-refractivity contribution >= 4 is 11.8 Å². The number of hydrogen-bond donors (Lipinski definition) is 1. The van der Waals surface area contributed by atoms with Crippen LogP contribution in [0.5, 0.6) is 0 Å². The zero-order chi connectivity index (χ0) is 18.3. The first kappa shape index (κ1) is 17.5. The van der Waals surface area contributed by atoms with Crippen LogP contribution < -0.4 is 0 Å². The number of rotatable bonds is 3. The van der Waals surface area contributed by atoms with Crippen LogP contribution in [0.15, 0.2) is 6.20 Å². The van der Waals surface area contributed by atoms with Gasteiger partial charge < -0.3 is 14.5 Å². The molecule has 3 aliphatic rings. The second-order valence-electron chi connectivity index (χ2n) is 8.04. The SMILES string of the molecule is CC1CN(C(=O)c2cn[nH]c2C2CCN(C(=O)C3CC3)CC2)CC(C)O1. The van der Waals surface area contributed by atoms with Crippen molar-refractivity contribution in [2.45, 2.75) is 57.7 Å². The Kier molecular flexibility index (Phi) is 4.73. The van der Waals surface area contributed by atoms with Crippen LogP contribution in [-0.2, 0) is 9.53 Å². The lowest BCUT2D eigenvalue weighted by Gasteiger charge is -2.36. The Morgan fingerprint density at radius 3 is 2.35 bits per heavy atom. The van der Waals surface area contributed by atoms with Gasteiger partial charge in [0, 0.05) is 38.0 Å². The molecular formula is C19H28N4O3. The summed E-state index contributed by atoms with van der Waals surface area (Å²) >= 11 is 0. The first-order valence-electron chi connectivity index (χ1n) is 9.79. The quantitative estimate of drug-likeness (QED) is 0.891. The minimum atomic E-state index is 0.0345. The van der Waals surface area contributed by atoms with E-state index in [1.165, 1.54) is 0 Å². The lowest BCUT2D eigenvalue weighted by molar-refractivity contribution is -0.133. The maximum atomic E-state index is 13.0. The highest BCUT2D eigenvalue weighted by atomic mass is 16.5. The largest absolute Gasteiger partial charge is 0.372 e. The van der Waals surface area contributed by atoms with E-state index >= 15 is 0 Å². The number of aromatic amines is 1. The van der Waals surface area contributed by atoms with E-state index < -0.39 is 0 Å². The topological polar surface area (TPSA) is 78.5 Å². The first-order valence-corrected chi connectivity index (χ1v) is 9.79. The highest BCUT2D eigenvalue weighted by Crippen LogP contribution is 2.35. The maximum absolute atomic E-state index is 13.0. The molecule has 4 rings (SSSR count). The van der Waals surface area contributed by atoms with Crippen molar-refractivity contribution in [3.63, 3.8) is 0 Å². The highest BCUT2D eigenvalue weighted by Gasteiger charge is 2.36. The molecule has 1 saturated carbocycles. The molecule has 142 valence electrons. The fourth-order valence-corrected chi connectivity index (χ4v) is 4.27. The van der Waals surface area contributed by atoms with E-state index in [9.17, 15) is 9.59 Å². The molecule has 2 unspecified atom stereocenters.